The maximum Gasteiger partial charge on any atom is 0.220 e. The molecular weight excluding hydrogens is 264 g/mol. The molecule has 2 rings (SSSR count). The maximum absolute atomic E-state index is 11.8. The Labute approximate surface area is 127 Å². The predicted octanol–water partition coefficient (Wildman–Crippen LogP) is 2.11. The summed E-state index contributed by atoms with van der Waals surface area (Å²) in [4.78, 5) is 11.8. The molecule has 0 aromatic heterocycles. The molecule has 1 amide bonds. The van der Waals surface area contributed by atoms with Gasteiger partial charge in [0.2, 0.25) is 5.91 Å². The lowest BCUT2D eigenvalue weighted by atomic mass is 10.0. The van der Waals surface area contributed by atoms with Crippen molar-refractivity contribution in [3.8, 4) is 5.75 Å². The van der Waals surface area contributed by atoms with Gasteiger partial charge in [0.25, 0.3) is 0 Å². The normalized spacial score (nSPS) is 17.8. The van der Waals surface area contributed by atoms with E-state index in [0.29, 0.717) is 25.5 Å². The van der Waals surface area contributed by atoms with Crippen LogP contribution in [0.3, 0.4) is 0 Å². The van der Waals surface area contributed by atoms with Gasteiger partial charge < -0.3 is 15.4 Å². The SMILES string of the molecule is Cc1cc(C)c(OCCNC(=O)C[C@H]2CCNC2)c(C)c1. The van der Waals surface area contributed by atoms with Gasteiger partial charge in [-0.1, -0.05) is 17.7 Å². The Morgan fingerprint density at radius 2 is 2.05 bits per heavy atom. The summed E-state index contributed by atoms with van der Waals surface area (Å²) < 4.78 is 5.82. The van der Waals surface area contributed by atoms with Crippen molar-refractivity contribution in [3.63, 3.8) is 0 Å². The minimum atomic E-state index is 0.129. The van der Waals surface area contributed by atoms with Crippen molar-refractivity contribution in [2.24, 2.45) is 5.92 Å². The monoisotopic (exact) mass is 290 g/mol. The number of hydrogen-bond acceptors (Lipinski definition) is 3. The van der Waals surface area contributed by atoms with Crippen LogP contribution in [0.1, 0.15) is 29.5 Å². The van der Waals surface area contributed by atoms with Gasteiger partial charge in [0.1, 0.15) is 12.4 Å². The van der Waals surface area contributed by atoms with Crippen LogP contribution in [0.15, 0.2) is 12.1 Å². The molecule has 1 fully saturated rings. The van der Waals surface area contributed by atoms with Crippen LogP contribution in [0.5, 0.6) is 5.75 Å². The third-order valence-electron chi connectivity index (χ3n) is 3.91. The van der Waals surface area contributed by atoms with Crippen LogP contribution in [-0.2, 0) is 4.79 Å². The summed E-state index contributed by atoms with van der Waals surface area (Å²) >= 11 is 0. The lowest BCUT2D eigenvalue weighted by Gasteiger charge is -2.14. The molecular formula is C17H26N2O2. The molecule has 0 spiro atoms. The van der Waals surface area contributed by atoms with Crippen LogP contribution in [0, 0.1) is 26.7 Å². The topological polar surface area (TPSA) is 50.4 Å². The van der Waals surface area contributed by atoms with E-state index >= 15 is 0 Å². The van der Waals surface area contributed by atoms with E-state index in [1.165, 1.54) is 5.56 Å². The highest BCUT2D eigenvalue weighted by molar-refractivity contribution is 5.76. The molecule has 21 heavy (non-hydrogen) atoms. The van der Waals surface area contributed by atoms with Crippen molar-refractivity contribution < 1.29 is 9.53 Å². The number of aryl methyl sites for hydroxylation is 3. The molecule has 0 unspecified atom stereocenters. The summed E-state index contributed by atoms with van der Waals surface area (Å²) in [6, 6.07) is 4.24. The Morgan fingerprint density at radius 3 is 2.67 bits per heavy atom. The molecule has 0 saturated carbocycles. The second-order valence-electron chi connectivity index (χ2n) is 5.99. The van der Waals surface area contributed by atoms with Gasteiger partial charge in [-0.05, 0) is 57.3 Å². The van der Waals surface area contributed by atoms with E-state index in [9.17, 15) is 4.79 Å². The zero-order valence-corrected chi connectivity index (χ0v) is 13.3. The summed E-state index contributed by atoms with van der Waals surface area (Å²) in [5.41, 5.74) is 3.54. The molecule has 4 nitrogen and oxygen atoms in total. The van der Waals surface area contributed by atoms with Crippen molar-refractivity contribution in [2.75, 3.05) is 26.2 Å². The van der Waals surface area contributed by atoms with E-state index in [1.54, 1.807) is 0 Å². The molecule has 0 bridgehead atoms. The molecule has 1 aliphatic rings. The molecule has 1 aliphatic heterocycles. The number of rotatable bonds is 6. The van der Waals surface area contributed by atoms with Crippen LogP contribution in [0.2, 0.25) is 0 Å². The first-order chi connectivity index (χ1) is 10.1. The molecule has 0 radical (unpaired) electrons. The minimum absolute atomic E-state index is 0.129. The van der Waals surface area contributed by atoms with Gasteiger partial charge in [-0.3, -0.25) is 4.79 Å². The average molecular weight is 290 g/mol. The highest BCUT2D eigenvalue weighted by Gasteiger charge is 2.17. The molecule has 1 atom stereocenters. The van der Waals surface area contributed by atoms with Crippen molar-refractivity contribution in [3.05, 3.63) is 28.8 Å². The summed E-state index contributed by atoms with van der Waals surface area (Å²) in [6.45, 7) is 9.27. The zero-order chi connectivity index (χ0) is 15.2. The number of nitrogens with one attached hydrogen (secondary N) is 2. The van der Waals surface area contributed by atoms with Gasteiger partial charge in [0, 0.05) is 6.42 Å². The Balaban J connectivity index is 1.71. The fourth-order valence-corrected chi connectivity index (χ4v) is 2.96. The molecule has 1 aromatic rings. The first-order valence-corrected chi connectivity index (χ1v) is 7.74. The first kappa shape index (κ1) is 15.8. The van der Waals surface area contributed by atoms with Gasteiger partial charge in [0.15, 0.2) is 0 Å². The van der Waals surface area contributed by atoms with E-state index in [0.717, 1.165) is 36.4 Å². The van der Waals surface area contributed by atoms with Gasteiger partial charge in [-0.15, -0.1) is 0 Å². The predicted molar refractivity (Wildman–Crippen MR) is 84.8 cm³/mol. The van der Waals surface area contributed by atoms with Crippen molar-refractivity contribution in [1.29, 1.82) is 0 Å². The number of amides is 1. The minimum Gasteiger partial charge on any atom is -0.491 e. The standard InChI is InChI=1S/C17H26N2O2/c1-12-8-13(2)17(14(3)9-12)21-7-6-19-16(20)10-15-4-5-18-11-15/h8-9,15,18H,4-7,10-11H2,1-3H3,(H,19,20)/t15-/m1/s1. The zero-order valence-electron chi connectivity index (χ0n) is 13.3. The quantitative estimate of drug-likeness (QED) is 0.789. The molecule has 1 heterocycles. The van der Waals surface area contributed by atoms with Crippen molar-refractivity contribution in [1.82, 2.24) is 10.6 Å². The fraction of sp³-hybridized carbons (Fsp3) is 0.588. The molecule has 1 aromatic carbocycles. The average Bonchev–Trinajstić information content (AvgIpc) is 2.89. The van der Waals surface area contributed by atoms with Crippen molar-refractivity contribution >= 4 is 5.91 Å². The van der Waals surface area contributed by atoms with Gasteiger partial charge >= 0.3 is 0 Å². The third kappa shape index (κ3) is 4.74. The van der Waals surface area contributed by atoms with Crippen LogP contribution in [0.25, 0.3) is 0 Å². The Morgan fingerprint density at radius 1 is 1.33 bits per heavy atom. The second kappa shape index (κ2) is 7.46. The maximum atomic E-state index is 11.8. The summed E-state index contributed by atoms with van der Waals surface area (Å²) in [7, 11) is 0. The van der Waals surface area contributed by atoms with E-state index in [2.05, 4.69) is 43.5 Å². The van der Waals surface area contributed by atoms with Gasteiger partial charge in [-0.2, -0.15) is 0 Å². The Bertz CT molecular complexity index is 471. The third-order valence-corrected chi connectivity index (χ3v) is 3.91. The van der Waals surface area contributed by atoms with E-state index in [1.807, 2.05) is 0 Å². The lowest BCUT2D eigenvalue weighted by Crippen LogP contribution is -2.30. The number of carbonyl (C=O) groups is 1. The molecule has 2 N–H and O–H groups in total. The second-order valence-corrected chi connectivity index (χ2v) is 5.99. The van der Waals surface area contributed by atoms with Crippen LogP contribution < -0.4 is 15.4 Å². The highest BCUT2D eigenvalue weighted by Crippen LogP contribution is 2.24. The van der Waals surface area contributed by atoms with Crippen LogP contribution in [-0.4, -0.2) is 32.1 Å². The number of hydrogen-bond donors (Lipinski definition) is 2. The summed E-state index contributed by atoms with van der Waals surface area (Å²) in [5.74, 6) is 1.56. The fourth-order valence-electron chi connectivity index (χ4n) is 2.96. The largest absolute Gasteiger partial charge is 0.491 e. The first-order valence-electron chi connectivity index (χ1n) is 7.74. The number of ether oxygens (including phenoxy) is 1. The van der Waals surface area contributed by atoms with Crippen molar-refractivity contribution in [2.45, 2.75) is 33.6 Å². The van der Waals surface area contributed by atoms with E-state index in [4.69, 9.17) is 4.74 Å². The molecule has 0 aliphatic carbocycles. The van der Waals surface area contributed by atoms with E-state index in [-0.39, 0.29) is 5.91 Å². The molecule has 4 heteroatoms. The molecule has 116 valence electrons. The lowest BCUT2D eigenvalue weighted by molar-refractivity contribution is -0.122. The summed E-state index contributed by atoms with van der Waals surface area (Å²) in [5, 5.41) is 6.22. The highest BCUT2D eigenvalue weighted by atomic mass is 16.5. The van der Waals surface area contributed by atoms with Gasteiger partial charge in [-0.25, -0.2) is 0 Å². The Kier molecular flexibility index (Phi) is 5.62. The number of benzene rings is 1. The summed E-state index contributed by atoms with van der Waals surface area (Å²) in [6.07, 6.45) is 1.72. The molecule has 1 saturated heterocycles. The van der Waals surface area contributed by atoms with Crippen LogP contribution >= 0.6 is 0 Å². The van der Waals surface area contributed by atoms with E-state index < -0.39 is 0 Å². The number of carbonyl (C=O) groups excluding carboxylic acids is 1. The van der Waals surface area contributed by atoms with Crippen LogP contribution in [0.4, 0.5) is 0 Å². The Hall–Kier alpha value is -1.55. The van der Waals surface area contributed by atoms with Gasteiger partial charge in [0.05, 0.1) is 6.54 Å². The smallest absolute Gasteiger partial charge is 0.220 e.